The number of nitrogens with zero attached hydrogens (tertiary/aromatic N) is 8. The zero-order chi connectivity index (χ0) is 39.8. The van der Waals surface area contributed by atoms with Crippen LogP contribution in [0.3, 0.4) is 0 Å². The van der Waals surface area contributed by atoms with Crippen molar-refractivity contribution in [2.75, 3.05) is 39.6 Å². The van der Waals surface area contributed by atoms with Gasteiger partial charge in [-0.3, -0.25) is 4.98 Å². The zero-order valence-corrected chi connectivity index (χ0v) is 35.8. The fourth-order valence-corrected chi connectivity index (χ4v) is 7.74. The van der Waals surface area contributed by atoms with E-state index in [0.29, 0.717) is 79.8 Å². The summed E-state index contributed by atoms with van der Waals surface area (Å²) in [6, 6.07) is 41.7. The van der Waals surface area contributed by atoms with Crippen LogP contribution in [0.4, 0.5) is 0 Å². The summed E-state index contributed by atoms with van der Waals surface area (Å²) >= 11 is 0. The molecule has 5 aromatic carbocycles. The molecule has 11 rings (SSSR count). The van der Waals surface area contributed by atoms with Crippen LogP contribution in [0.25, 0.3) is 100 Å². The molecule has 2 aliphatic rings. The Hall–Kier alpha value is -6.92. The number of hydrogen-bond donors (Lipinski definition) is 0. The third kappa shape index (κ3) is 7.26. The number of para-hydroxylation sites is 1. The summed E-state index contributed by atoms with van der Waals surface area (Å²) in [6.07, 6.45) is 1.76. The third-order valence-electron chi connectivity index (χ3n) is 10.5. The molecule has 0 unspecified atom stereocenters. The van der Waals surface area contributed by atoms with Gasteiger partial charge in [0.05, 0.1) is 49.6 Å². The SMILES string of the molecule is [Zn+2].c1ccc2c(c1)-c1cc3[n-]c(nc4nc(nc5[n-]c(nc-2n1)c1ccccc51)-c1cccc(OCCOCCOCCOc2cccc5cccnc25)c1-4)c1ccccc31. The number of rotatable bonds is 11. The van der Waals surface area contributed by atoms with Crippen molar-refractivity contribution in [3.05, 3.63) is 134 Å². The molecule has 13 heteroatoms. The standard InChI is InChI=1S/C48H34N8O4.Zn/c1-3-14-32-30(12-1)37-28-38-31-13-2-4-15-33(31)44(51-38)55-48-41-36(47(56-48)54-46-35-17-6-5-16-34(35)45(53-46)52-43(32)50-37)18-8-19-39(41)59-26-24-57-22-23-58-25-27-60-40-20-7-10-29-11-9-21-49-42(29)40;/h1-21,28H,22-27H2;/q-2;+2. The van der Waals surface area contributed by atoms with Crippen molar-refractivity contribution < 1.29 is 38.4 Å². The molecule has 0 atom stereocenters. The average molecular weight is 852 g/mol. The summed E-state index contributed by atoms with van der Waals surface area (Å²) < 4.78 is 23.9. The molecule has 4 aromatic heterocycles. The van der Waals surface area contributed by atoms with Crippen molar-refractivity contribution in [3.63, 3.8) is 0 Å². The predicted molar refractivity (Wildman–Crippen MR) is 231 cm³/mol. The minimum atomic E-state index is 0. The quantitative estimate of drug-likeness (QED) is 0.0907. The fourth-order valence-electron chi connectivity index (χ4n) is 7.74. The van der Waals surface area contributed by atoms with E-state index >= 15 is 0 Å². The van der Waals surface area contributed by atoms with E-state index in [9.17, 15) is 0 Å². The van der Waals surface area contributed by atoms with Gasteiger partial charge >= 0.3 is 19.5 Å². The van der Waals surface area contributed by atoms with Crippen molar-refractivity contribution in [2.45, 2.75) is 0 Å². The van der Waals surface area contributed by atoms with E-state index in [1.54, 1.807) is 6.20 Å². The zero-order valence-electron chi connectivity index (χ0n) is 32.9. The normalized spacial score (nSPS) is 11.7. The Morgan fingerprint density at radius 2 is 1.00 bits per heavy atom. The number of aromatic nitrogens is 8. The first-order valence-electron chi connectivity index (χ1n) is 19.8. The Morgan fingerprint density at radius 1 is 0.443 bits per heavy atom. The van der Waals surface area contributed by atoms with Crippen molar-refractivity contribution in [3.8, 4) is 56.9 Å². The van der Waals surface area contributed by atoms with Gasteiger partial charge in [0.25, 0.3) is 0 Å². The van der Waals surface area contributed by atoms with Crippen LogP contribution in [0, 0.1) is 0 Å². The van der Waals surface area contributed by atoms with Gasteiger partial charge in [-0.15, -0.1) is 0 Å². The molecule has 0 spiro atoms. The Labute approximate surface area is 361 Å². The van der Waals surface area contributed by atoms with Gasteiger partial charge in [-0.1, -0.05) is 103 Å². The Morgan fingerprint density at radius 3 is 1.77 bits per heavy atom. The van der Waals surface area contributed by atoms with Crippen LogP contribution in [0.2, 0.25) is 0 Å². The van der Waals surface area contributed by atoms with Crippen LogP contribution in [0.15, 0.2) is 134 Å². The van der Waals surface area contributed by atoms with Crippen LogP contribution >= 0.6 is 0 Å². The van der Waals surface area contributed by atoms with Crippen LogP contribution in [-0.2, 0) is 29.0 Å². The van der Waals surface area contributed by atoms with E-state index in [1.807, 2.05) is 121 Å². The topological polar surface area (TPSA) is 142 Å². The minimum absolute atomic E-state index is 0. The van der Waals surface area contributed by atoms with E-state index < -0.39 is 0 Å². The maximum absolute atomic E-state index is 6.38. The molecule has 2 aliphatic heterocycles. The minimum Gasteiger partial charge on any atom is -0.490 e. The molecule has 0 radical (unpaired) electrons. The van der Waals surface area contributed by atoms with Gasteiger partial charge in [0, 0.05) is 45.1 Å². The number of fused-ring (bicyclic) bond motifs is 21. The summed E-state index contributed by atoms with van der Waals surface area (Å²) in [6.45, 7) is 2.32. The average Bonchev–Trinajstić information content (AvgIpc) is 4.03. The Balaban J connectivity index is 0.00000445. The molecule has 12 nitrogen and oxygen atoms in total. The van der Waals surface area contributed by atoms with E-state index in [2.05, 4.69) is 11.1 Å². The molecular weight excluding hydrogens is 818 g/mol. The molecule has 0 aliphatic carbocycles. The van der Waals surface area contributed by atoms with E-state index in [1.165, 1.54) is 0 Å². The maximum Gasteiger partial charge on any atom is 2.00 e. The fraction of sp³-hybridized carbons (Fsp3) is 0.125. The van der Waals surface area contributed by atoms with Gasteiger partial charge in [-0.25, -0.2) is 9.97 Å². The third-order valence-corrected chi connectivity index (χ3v) is 10.5. The molecule has 8 bridgehead atoms. The summed E-state index contributed by atoms with van der Waals surface area (Å²) in [5.41, 5.74) is 7.31. The van der Waals surface area contributed by atoms with Crippen molar-refractivity contribution in [2.24, 2.45) is 0 Å². The molecule has 9 aromatic rings. The molecule has 0 saturated heterocycles. The molecular formula is C48H34N8O4Zn. The molecule has 0 fully saturated rings. The second kappa shape index (κ2) is 16.6. The monoisotopic (exact) mass is 850 g/mol. The van der Waals surface area contributed by atoms with Gasteiger partial charge < -0.3 is 43.9 Å². The second-order valence-electron chi connectivity index (χ2n) is 14.2. The number of pyridine rings is 1. The molecule has 61 heavy (non-hydrogen) atoms. The summed E-state index contributed by atoms with van der Waals surface area (Å²) in [5, 5.41) is 4.60. The first-order chi connectivity index (χ1) is 29.7. The van der Waals surface area contributed by atoms with Crippen molar-refractivity contribution in [1.82, 2.24) is 39.9 Å². The molecule has 292 valence electrons. The number of ether oxygens (including phenoxy) is 4. The maximum atomic E-state index is 6.38. The van der Waals surface area contributed by atoms with E-state index in [0.717, 1.165) is 71.7 Å². The van der Waals surface area contributed by atoms with Gasteiger partial charge in [0.15, 0.2) is 0 Å². The number of hydrogen-bond acceptors (Lipinski definition) is 10. The molecule has 6 heterocycles. The molecule has 0 saturated carbocycles. The summed E-state index contributed by atoms with van der Waals surface area (Å²) in [5.74, 6) is 2.83. The predicted octanol–water partition coefficient (Wildman–Crippen LogP) is 8.77. The van der Waals surface area contributed by atoms with Crippen LogP contribution in [0.1, 0.15) is 0 Å². The van der Waals surface area contributed by atoms with Gasteiger partial charge in [-0.2, -0.15) is 0 Å². The van der Waals surface area contributed by atoms with E-state index in [4.69, 9.17) is 53.8 Å². The van der Waals surface area contributed by atoms with Crippen LogP contribution in [0.5, 0.6) is 11.5 Å². The molecule has 0 N–H and O–H groups in total. The van der Waals surface area contributed by atoms with Crippen molar-refractivity contribution >= 4 is 54.9 Å². The first kappa shape index (κ1) is 38.3. The van der Waals surface area contributed by atoms with Crippen LogP contribution < -0.4 is 19.4 Å². The second-order valence-corrected chi connectivity index (χ2v) is 14.2. The summed E-state index contributed by atoms with van der Waals surface area (Å²) in [4.78, 5) is 39.8. The van der Waals surface area contributed by atoms with Gasteiger partial charge in [-0.05, 0) is 57.0 Å². The van der Waals surface area contributed by atoms with E-state index in [-0.39, 0.29) is 19.5 Å². The van der Waals surface area contributed by atoms with Gasteiger partial charge in [0.1, 0.15) is 30.2 Å². The first-order valence-corrected chi connectivity index (χ1v) is 19.8. The van der Waals surface area contributed by atoms with Crippen molar-refractivity contribution in [1.29, 1.82) is 0 Å². The number of benzene rings is 5. The summed E-state index contributed by atoms with van der Waals surface area (Å²) in [7, 11) is 0. The smallest absolute Gasteiger partial charge is 0.490 e. The van der Waals surface area contributed by atoms with Crippen LogP contribution in [-0.4, -0.2) is 69.5 Å². The molecule has 0 amide bonds. The largest absolute Gasteiger partial charge is 2.00 e. The Kier molecular flexibility index (Phi) is 10.4. The Bertz CT molecular complexity index is 3270. The van der Waals surface area contributed by atoms with Gasteiger partial charge in [0.2, 0.25) is 0 Å².